The maximum atomic E-state index is 5.52. The van der Waals surface area contributed by atoms with Gasteiger partial charge < -0.3 is 20.9 Å². The van der Waals surface area contributed by atoms with Crippen molar-refractivity contribution < 1.29 is 0 Å². The van der Waals surface area contributed by atoms with Crippen molar-refractivity contribution in [3.63, 3.8) is 0 Å². The number of benzene rings is 1. The van der Waals surface area contributed by atoms with Gasteiger partial charge in [0.2, 0.25) is 5.95 Å². The molecule has 0 unspecified atom stereocenters. The highest BCUT2D eigenvalue weighted by molar-refractivity contribution is 14.1. The van der Waals surface area contributed by atoms with Gasteiger partial charge in [-0.15, -0.1) is 0 Å². The van der Waals surface area contributed by atoms with Crippen molar-refractivity contribution in [2.45, 2.75) is 63.5 Å². The summed E-state index contributed by atoms with van der Waals surface area (Å²) in [5.41, 5.74) is 3.59. The molecule has 0 spiro atoms. The van der Waals surface area contributed by atoms with Gasteiger partial charge in [0.05, 0.1) is 5.69 Å². The smallest absolute Gasteiger partial charge is 0.225 e. The van der Waals surface area contributed by atoms with Gasteiger partial charge in [-0.2, -0.15) is 4.98 Å². The number of nitrogens with one attached hydrogen (secondary N) is 3. The van der Waals surface area contributed by atoms with Gasteiger partial charge in [-0.3, -0.25) is 0 Å². The maximum Gasteiger partial charge on any atom is 0.225 e. The van der Waals surface area contributed by atoms with Crippen molar-refractivity contribution in [2.75, 3.05) is 29.6 Å². The van der Waals surface area contributed by atoms with E-state index in [-0.39, 0.29) is 0 Å². The molecule has 1 fully saturated rings. The SMILES string of the molecule is CN(C)c1nc(N[C@H]2CC[C@@H](NC(=S)Nc3ccc(I)cc3)CC2)nc2c1CCCC2. The molecule has 0 atom stereocenters. The summed E-state index contributed by atoms with van der Waals surface area (Å²) in [7, 11) is 4.15. The van der Waals surface area contributed by atoms with E-state index in [2.05, 4.69) is 81.8 Å². The van der Waals surface area contributed by atoms with Crippen LogP contribution < -0.4 is 20.9 Å². The molecule has 1 aromatic heterocycles. The van der Waals surface area contributed by atoms with Gasteiger partial charge in [0.1, 0.15) is 5.82 Å². The van der Waals surface area contributed by atoms with Crippen LogP contribution in [0.25, 0.3) is 0 Å². The highest BCUT2D eigenvalue weighted by Gasteiger charge is 2.24. The molecule has 3 N–H and O–H groups in total. The molecule has 2 aliphatic rings. The van der Waals surface area contributed by atoms with E-state index in [9.17, 15) is 0 Å². The van der Waals surface area contributed by atoms with Crippen LogP contribution in [-0.2, 0) is 12.8 Å². The molecule has 0 bridgehead atoms. The minimum absolute atomic E-state index is 0.406. The molecule has 0 saturated heterocycles. The monoisotopic (exact) mass is 550 g/mol. The van der Waals surface area contributed by atoms with Crippen molar-refractivity contribution in [3.8, 4) is 0 Å². The third-order valence-electron chi connectivity index (χ3n) is 6.08. The van der Waals surface area contributed by atoms with Gasteiger partial charge in [0.15, 0.2) is 5.11 Å². The molecule has 1 aromatic carbocycles. The van der Waals surface area contributed by atoms with Crippen molar-refractivity contribution in [2.24, 2.45) is 0 Å². The number of hydrogen-bond donors (Lipinski definition) is 3. The number of fused-ring (bicyclic) bond motifs is 1. The molecule has 6 nitrogen and oxygen atoms in total. The molecule has 166 valence electrons. The average molecular weight is 551 g/mol. The van der Waals surface area contributed by atoms with Crippen molar-refractivity contribution in [1.82, 2.24) is 15.3 Å². The van der Waals surface area contributed by atoms with Crippen LogP contribution in [0.1, 0.15) is 49.8 Å². The summed E-state index contributed by atoms with van der Waals surface area (Å²) in [6.07, 6.45) is 8.95. The second-order valence-electron chi connectivity index (χ2n) is 8.70. The third kappa shape index (κ3) is 5.97. The molecule has 0 radical (unpaired) electrons. The molecular formula is C23H31IN6S. The summed E-state index contributed by atoms with van der Waals surface area (Å²) in [5, 5.41) is 11.1. The first-order valence-corrected chi connectivity index (χ1v) is 12.6. The quantitative estimate of drug-likeness (QED) is 0.368. The number of aryl methyl sites for hydroxylation is 1. The van der Waals surface area contributed by atoms with Gasteiger partial charge in [0, 0.05) is 41.0 Å². The predicted octanol–water partition coefficient (Wildman–Crippen LogP) is 4.74. The van der Waals surface area contributed by atoms with Gasteiger partial charge in [-0.05, 0) is 110 Å². The fraction of sp³-hybridized carbons (Fsp3) is 0.522. The normalized spacial score (nSPS) is 20.5. The predicted molar refractivity (Wildman–Crippen MR) is 141 cm³/mol. The van der Waals surface area contributed by atoms with E-state index in [1.54, 1.807) is 0 Å². The highest BCUT2D eigenvalue weighted by Crippen LogP contribution is 2.29. The molecule has 1 heterocycles. The van der Waals surface area contributed by atoms with Crippen LogP contribution >= 0.6 is 34.8 Å². The number of thiocarbonyl (C=S) groups is 1. The van der Waals surface area contributed by atoms with E-state index in [4.69, 9.17) is 22.2 Å². The van der Waals surface area contributed by atoms with Gasteiger partial charge in [-0.1, -0.05) is 0 Å². The summed E-state index contributed by atoms with van der Waals surface area (Å²) < 4.78 is 1.22. The Balaban J connectivity index is 1.29. The van der Waals surface area contributed by atoms with Crippen LogP contribution in [0, 0.1) is 3.57 Å². The lowest BCUT2D eigenvalue weighted by atomic mass is 9.91. The first-order chi connectivity index (χ1) is 15.0. The second-order valence-corrected chi connectivity index (χ2v) is 10.3. The summed E-state index contributed by atoms with van der Waals surface area (Å²) in [5.74, 6) is 1.87. The lowest BCUT2D eigenvalue weighted by Crippen LogP contribution is -2.42. The molecule has 1 saturated carbocycles. The van der Waals surface area contributed by atoms with E-state index in [0.717, 1.165) is 56.0 Å². The zero-order valence-electron chi connectivity index (χ0n) is 18.2. The standard InChI is InChI=1S/C23H31IN6S/c1-30(2)21-19-5-3-4-6-20(19)28-22(29-21)25-16-11-13-18(14-12-16)27-23(31)26-17-9-7-15(24)8-10-17/h7-10,16,18H,3-6,11-14H2,1-2H3,(H,25,28,29)(H2,26,27,31)/t16-,18+. The number of halogens is 1. The Morgan fingerprint density at radius 2 is 1.68 bits per heavy atom. The Morgan fingerprint density at radius 1 is 1.00 bits per heavy atom. The zero-order valence-corrected chi connectivity index (χ0v) is 21.2. The zero-order chi connectivity index (χ0) is 21.8. The van der Waals surface area contributed by atoms with Gasteiger partial charge >= 0.3 is 0 Å². The Labute approximate surface area is 204 Å². The maximum absolute atomic E-state index is 5.52. The van der Waals surface area contributed by atoms with Crippen LogP contribution in [0.15, 0.2) is 24.3 Å². The first-order valence-electron chi connectivity index (χ1n) is 11.1. The molecule has 0 aliphatic heterocycles. The Hall–Kier alpha value is -1.68. The second kappa shape index (κ2) is 10.3. The largest absolute Gasteiger partial charge is 0.362 e. The van der Waals surface area contributed by atoms with Crippen LogP contribution in [0.5, 0.6) is 0 Å². The lowest BCUT2D eigenvalue weighted by Gasteiger charge is -2.31. The number of rotatable bonds is 5. The molecular weight excluding hydrogens is 519 g/mol. The van der Waals surface area contributed by atoms with Gasteiger partial charge in [0.25, 0.3) is 0 Å². The number of hydrogen-bond acceptors (Lipinski definition) is 5. The molecule has 31 heavy (non-hydrogen) atoms. The highest BCUT2D eigenvalue weighted by atomic mass is 127. The van der Waals surface area contributed by atoms with Crippen LogP contribution in [0.3, 0.4) is 0 Å². The molecule has 8 heteroatoms. The Kier molecular flexibility index (Phi) is 7.47. The van der Waals surface area contributed by atoms with E-state index in [1.165, 1.54) is 27.7 Å². The average Bonchev–Trinajstić information content (AvgIpc) is 2.76. The summed E-state index contributed by atoms with van der Waals surface area (Å²) >= 11 is 7.82. The molecule has 0 amide bonds. The minimum Gasteiger partial charge on any atom is -0.362 e. The van der Waals surface area contributed by atoms with Crippen LogP contribution in [0.2, 0.25) is 0 Å². The number of nitrogens with zero attached hydrogens (tertiary/aromatic N) is 3. The third-order valence-corrected chi connectivity index (χ3v) is 7.02. The Morgan fingerprint density at radius 3 is 2.39 bits per heavy atom. The van der Waals surface area contributed by atoms with Crippen LogP contribution in [0.4, 0.5) is 17.5 Å². The summed E-state index contributed by atoms with van der Waals surface area (Å²) in [6, 6.07) is 9.07. The first kappa shape index (κ1) is 22.5. The van der Waals surface area contributed by atoms with Crippen molar-refractivity contribution in [3.05, 3.63) is 39.1 Å². The number of aromatic nitrogens is 2. The van der Waals surface area contributed by atoms with E-state index >= 15 is 0 Å². The van der Waals surface area contributed by atoms with E-state index in [0.29, 0.717) is 17.2 Å². The van der Waals surface area contributed by atoms with E-state index in [1.807, 2.05) is 0 Å². The Bertz CT molecular complexity index is 909. The number of anilines is 3. The lowest BCUT2D eigenvalue weighted by molar-refractivity contribution is 0.387. The topological polar surface area (TPSA) is 65.1 Å². The molecule has 4 rings (SSSR count). The summed E-state index contributed by atoms with van der Waals surface area (Å²) in [6.45, 7) is 0. The molecule has 2 aromatic rings. The fourth-order valence-corrected chi connectivity index (χ4v) is 5.10. The van der Waals surface area contributed by atoms with Gasteiger partial charge in [-0.25, -0.2) is 4.98 Å². The fourth-order valence-electron chi connectivity index (χ4n) is 4.46. The minimum atomic E-state index is 0.406. The van der Waals surface area contributed by atoms with E-state index < -0.39 is 0 Å². The molecule has 2 aliphatic carbocycles. The van der Waals surface area contributed by atoms with Crippen molar-refractivity contribution in [1.29, 1.82) is 0 Å². The van der Waals surface area contributed by atoms with Crippen LogP contribution in [-0.4, -0.2) is 41.3 Å². The van der Waals surface area contributed by atoms with Crippen molar-refractivity contribution >= 4 is 57.4 Å². The summed E-state index contributed by atoms with van der Waals surface area (Å²) in [4.78, 5) is 11.9.